The summed E-state index contributed by atoms with van der Waals surface area (Å²) in [5.74, 6) is 1.73. The molecule has 2 aromatic rings. The lowest BCUT2D eigenvalue weighted by atomic mass is 9.86. The Kier molecular flexibility index (Phi) is 5.95. The molecular weight excluding hydrogens is 422 g/mol. The fraction of sp³-hybridized carbons (Fsp3) is 0.480. The number of carbonyl (C=O) groups excluding carboxylic acids is 1. The lowest BCUT2D eigenvalue weighted by Crippen LogP contribution is -2.57. The van der Waals surface area contributed by atoms with E-state index >= 15 is 0 Å². The van der Waals surface area contributed by atoms with Crippen LogP contribution in [0.2, 0.25) is 0 Å². The molecule has 1 saturated heterocycles. The molecule has 33 heavy (non-hydrogen) atoms. The van der Waals surface area contributed by atoms with E-state index in [4.69, 9.17) is 9.47 Å². The summed E-state index contributed by atoms with van der Waals surface area (Å²) in [6, 6.07) is 6.56. The fourth-order valence-electron chi connectivity index (χ4n) is 4.98. The van der Waals surface area contributed by atoms with E-state index < -0.39 is 10.5 Å². The van der Waals surface area contributed by atoms with Crippen LogP contribution in [0.5, 0.6) is 11.5 Å². The van der Waals surface area contributed by atoms with Crippen LogP contribution in [0.4, 0.5) is 11.4 Å². The Bertz CT molecular complexity index is 1090. The van der Waals surface area contributed by atoms with E-state index in [1.54, 1.807) is 19.2 Å². The van der Waals surface area contributed by atoms with Gasteiger partial charge in [0.1, 0.15) is 11.5 Å². The number of benzene rings is 2. The third kappa shape index (κ3) is 3.98. The first kappa shape index (κ1) is 22.9. The van der Waals surface area contributed by atoms with Crippen LogP contribution in [0.1, 0.15) is 35.6 Å². The van der Waals surface area contributed by atoms with Crippen LogP contribution in [0.25, 0.3) is 0 Å². The number of anilines is 1. The molecule has 1 unspecified atom stereocenters. The summed E-state index contributed by atoms with van der Waals surface area (Å²) in [6.07, 6.45) is 1.39. The average molecular weight is 454 g/mol. The number of piperazine rings is 1. The number of rotatable bonds is 4. The van der Waals surface area contributed by atoms with Gasteiger partial charge in [0, 0.05) is 56.0 Å². The van der Waals surface area contributed by atoms with Gasteiger partial charge in [-0.25, -0.2) is 0 Å². The largest absolute Gasteiger partial charge is 0.496 e. The first-order valence-electron chi connectivity index (χ1n) is 11.3. The molecule has 1 fully saturated rings. The van der Waals surface area contributed by atoms with Crippen LogP contribution in [-0.2, 0) is 11.2 Å². The summed E-state index contributed by atoms with van der Waals surface area (Å²) >= 11 is 0. The number of methoxy groups -OCH3 is 1. The van der Waals surface area contributed by atoms with Crippen LogP contribution in [0.15, 0.2) is 24.3 Å². The summed E-state index contributed by atoms with van der Waals surface area (Å²) < 4.78 is 12.1. The number of nitro benzene ring substituents is 1. The van der Waals surface area contributed by atoms with Gasteiger partial charge >= 0.3 is 0 Å². The van der Waals surface area contributed by atoms with Crippen molar-refractivity contribution >= 4 is 17.3 Å². The van der Waals surface area contributed by atoms with E-state index in [1.165, 1.54) is 12.1 Å². The molecule has 1 atom stereocenters. The molecule has 0 saturated carbocycles. The summed E-state index contributed by atoms with van der Waals surface area (Å²) in [4.78, 5) is 28.0. The van der Waals surface area contributed by atoms with Gasteiger partial charge in [-0.05, 0) is 62.9 Å². The number of nitrogens with zero attached hydrogens (tertiary/aromatic N) is 3. The first-order chi connectivity index (χ1) is 15.7. The van der Waals surface area contributed by atoms with Crippen LogP contribution in [0, 0.1) is 30.9 Å². The number of hydrogen-bond acceptors (Lipinski definition) is 6. The quantitative estimate of drug-likeness (QED) is 0.515. The number of fused-ring (bicyclic) bond motifs is 1. The molecule has 0 spiro atoms. The van der Waals surface area contributed by atoms with Crippen molar-refractivity contribution in [3.8, 4) is 11.5 Å². The van der Waals surface area contributed by atoms with Gasteiger partial charge in [-0.1, -0.05) is 0 Å². The van der Waals surface area contributed by atoms with Crippen molar-refractivity contribution in [2.45, 2.75) is 46.1 Å². The SMILES string of the molecule is COc1c(C)c(C)c2c(c1C)CCC(C)(C(=O)N1CCN(c3ccc([N+](=O)[O-])cc3)CC1)O2. The number of carbonyl (C=O) groups is 1. The van der Waals surface area contributed by atoms with Gasteiger partial charge in [0.2, 0.25) is 0 Å². The minimum absolute atomic E-state index is 0.0158. The molecule has 1 amide bonds. The molecule has 2 heterocycles. The van der Waals surface area contributed by atoms with Crippen molar-refractivity contribution < 1.29 is 19.2 Å². The van der Waals surface area contributed by atoms with E-state index in [9.17, 15) is 14.9 Å². The van der Waals surface area contributed by atoms with Crippen molar-refractivity contribution in [3.05, 3.63) is 56.6 Å². The van der Waals surface area contributed by atoms with Gasteiger partial charge in [0.25, 0.3) is 11.6 Å². The standard InChI is InChI=1S/C25H31N3O5/c1-16-17(2)23-21(18(3)22(16)32-5)10-11-25(4,33-23)24(29)27-14-12-26(13-15-27)19-6-8-20(9-7-19)28(30)31/h6-9H,10-15H2,1-5H3. The summed E-state index contributed by atoms with van der Waals surface area (Å²) in [6.45, 7) is 10.5. The Morgan fingerprint density at radius 2 is 1.70 bits per heavy atom. The number of ether oxygens (including phenoxy) is 2. The van der Waals surface area contributed by atoms with Crippen molar-refractivity contribution in [3.63, 3.8) is 0 Å². The smallest absolute Gasteiger partial charge is 0.269 e. The van der Waals surface area contributed by atoms with Gasteiger partial charge in [0.15, 0.2) is 5.60 Å². The predicted molar refractivity (Wildman–Crippen MR) is 126 cm³/mol. The highest BCUT2D eigenvalue weighted by Gasteiger charge is 2.43. The molecule has 0 aliphatic carbocycles. The number of amides is 1. The van der Waals surface area contributed by atoms with E-state index in [-0.39, 0.29) is 11.6 Å². The van der Waals surface area contributed by atoms with Crippen LogP contribution in [0.3, 0.4) is 0 Å². The van der Waals surface area contributed by atoms with E-state index in [0.717, 1.165) is 45.9 Å². The monoisotopic (exact) mass is 453 g/mol. The minimum atomic E-state index is -0.902. The van der Waals surface area contributed by atoms with Crippen LogP contribution >= 0.6 is 0 Å². The Balaban J connectivity index is 1.47. The zero-order valence-electron chi connectivity index (χ0n) is 19.9. The molecule has 2 aliphatic heterocycles. The second kappa shape index (κ2) is 8.57. The maximum Gasteiger partial charge on any atom is 0.269 e. The summed E-state index contributed by atoms with van der Waals surface area (Å²) in [7, 11) is 1.69. The van der Waals surface area contributed by atoms with Gasteiger partial charge in [-0.15, -0.1) is 0 Å². The number of nitro groups is 1. The van der Waals surface area contributed by atoms with Gasteiger partial charge in [-0.2, -0.15) is 0 Å². The van der Waals surface area contributed by atoms with E-state index in [2.05, 4.69) is 11.8 Å². The number of non-ortho nitro benzene ring substituents is 1. The Hall–Kier alpha value is -3.29. The topological polar surface area (TPSA) is 85.2 Å². The zero-order valence-corrected chi connectivity index (χ0v) is 19.9. The molecule has 0 N–H and O–H groups in total. The second-order valence-corrected chi connectivity index (χ2v) is 9.10. The lowest BCUT2D eigenvalue weighted by Gasteiger charge is -2.42. The third-order valence-electron chi connectivity index (χ3n) is 7.14. The fourth-order valence-corrected chi connectivity index (χ4v) is 4.98. The van der Waals surface area contributed by atoms with Crippen molar-refractivity contribution in [1.82, 2.24) is 4.90 Å². The van der Waals surface area contributed by atoms with Crippen LogP contribution < -0.4 is 14.4 Å². The summed E-state index contributed by atoms with van der Waals surface area (Å²) in [5, 5.41) is 10.9. The Morgan fingerprint density at radius 1 is 1.06 bits per heavy atom. The van der Waals surface area contributed by atoms with Crippen molar-refractivity contribution in [2.75, 3.05) is 38.2 Å². The lowest BCUT2D eigenvalue weighted by molar-refractivity contribution is -0.384. The first-order valence-corrected chi connectivity index (χ1v) is 11.3. The Labute approximate surface area is 194 Å². The maximum absolute atomic E-state index is 13.5. The number of hydrogen-bond donors (Lipinski definition) is 0. The molecule has 0 radical (unpaired) electrons. The Morgan fingerprint density at radius 3 is 2.27 bits per heavy atom. The second-order valence-electron chi connectivity index (χ2n) is 9.10. The van der Waals surface area contributed by atoms with Gasteiger partial charge in [0.05, 0.1) is 12.0 Å². The highest BCUT2D eigenvalue weighted by atomic mass is 16.6. The minimum Gasteiger partial charge on any atom is -0.496 e. The molecule has 8 heteroatoms. The normalized spacial score (nSPS) is 20.2. The maximum atomic E-state index is 13.5. The molecule has 0 bridgehead atoms. The molecule has 0 aromatic heterocycles. The van der Waals surface area contributed by atoms with Crippen LogP contribution in [-0.4, -0.2) is 54.6 Å². The van der Waals surface area contributed by atoms with Gasteiger partial charge < -0.3 is 19.3 Å². The van der Waals surface area contributed by atoms with Crippen molar-refractivity contribution in [2.24, 2.45) is 0 Å². The molecule has 176 valence electrons. The van der Waals surface area contributed by atoms with E-state index in [1.807, 2.05) is 25.7 Å². The molecule has 2 aromatic carbocycles. The van der Waals surface area contributed by atoms with E-state index in [0.29, 0.717) is 32.6 Å². The predicted octanol–water partition coefficient (Wildman–Crippen LogP) is 3.96. The third-order valence-corrected chi connectivity index (χ3v) is 7.14. The van der Waals surface area contributed by atoms with Gasteiger partial charge in [-0.3, -0.25) is 14.9 Å². The molecule has 2 aliphatic rings. The average Bonchev–Trinajstić information content (AvgIpc) is 2.82. The highest BCUT2D eigenvalue weighted by Crippen LogP contribution is 2.44. The van der Waals surface area contributed by atoms with Crippen molar-refractivity contribution in [1.29, 1.82) is 0 Å². The molecule has 4 rings (SSSR count). The molecule has 8 nitrogen and oxygen atoms in total. The summed E-state index contributed by atoms with van der Waals surface area (Å²) in [5.41, 5.74) is 4.38. The highest BCUT2D eigenvalue weighted by molar-refractivity contribution is 5.86. The zero-order chi connectivity index (χ0) is 23.9. The molecular formula is C25H31N3O5.